The molecule has 2 aromatic heterocycles. The molecule has 0 unspecified atom stereocenters. The van der Waals surface area contributed by atoms with Crippen molar-refractivity contribution in [1.82, 2.24) is 19.5 Å². The van der Waals surface area contributed by atoms with Crippen LogP contribution in [0, 0.1) is 5.92 Å². The maximum Gasteiger partial charge on any atom is 0.267 e. The molecule has 1 aliphatic rings. The first-order valence-corrected chi connectivity index (χ1v) is 8.54. The summed E-state index contributed by atoms with van der Waals surface area (Å²) in [4.78, 5) is 19.5. The van der Waals surface area contributed by atoms with Gasteiger partial charge in [-0.3, -0.25) is 9.78 Å². The molecular formula is C16H20N4OS. The molecule has 0 N–H and O–H groups in total. The van der Waals surface area contributed by atoms with Gasteiger partial charge >= 0.3 is 0 Å². The summed E-state index contributed by atoms with van der Waals surface area (Å²) in [6.45, 7) is 3.66. The number of hydrogen-bond acceptors (Lipinski definition) is 5. The second-order valence-electron chi connectivity index (χ2n) is 5.73. The Hall–Kier alpha value is -1.82. The molecule has 0 radical (unpaired) electrons. The van der Waals surface area contributed by atoms with Crippen molar-refractivity contribution in [3.8, 4) is 0 Å². The number of amides is 1. The highest BCUT2D eigenvalue weighted by Crippen LogP contribution is 2.23. The van der Waals surface area contributed by atoms with Gasteiger partial charge < -0.3 is 4.90 Å². The lowest BCUT2D eigenvalue weighted by molar-refractivity contribution is 0.0677. The first kappa shape index (κ1) is 15.1. The molecule has 0 spiro atoms. The monoisotopic (exact) mass is 316 g/mol. The van der Waals surface area contributed by atoms with E-state index in [1.165, 1.54) is 23.5 Å². The van der Waals surface area contributed by atoms with Crippen molar-refractivity contribution in [3.05, 3.63) is 40.7 Å². The number of hydrogen-bond donors (Lipinski definition) is 0. The molecule has 0 aliphatic carbocycles. The third-order valence-electron chi connectivity index (χ3n) is 4.14. The van der Waals surface area contributed by atoms with Gasteiger partial charge in [-0.1, -0.05) is 17.5 Å². The van der Waals surface area contributed by atoms with Gasteiger partial charge in [-0.15, -0.1) is 5.10 Å². The number of nitrogens with zero attached hydrogens (tertiary/aromatic N) is 4. The van der Waals surface area contributed by atoms with Gasteiger partial charge in [-0.2, -0.15) is 0 Å². The van der Waals surface area contributed by atoms with Crippen LogP contribution < -0.4 is 0 Å². The molecule has 0 saturated carbocycles. The first-order chi connectivity index (χ1) is 10.8. The van der Waals surface area contributed by atoms with E-state index in [0.29, 0.717) is 10.8 Å². The number of likely N-dealkylation sites (tertiary alicyclic amines) is 1. The predicted molar refractivity (Wildman–Crippen MR) is 85.9 cm³/mol. The van der Waals surface area contributed by atoms with Crippen molar-refractivity contribution >= 4 is 17.4 Å². The van der Waals surface area contributed by atoms with Crippen LogP contribution in [0.4, 0.5) is 0 Å². The summed E-state index contributed by atoms with van der Waals surface area (Å²) in [5.41, 5.74) is 2.07. The summed E-state index contributed by atoms with van der Waals surface area (Å²) < 4.78 is 3.93. The van der Waals surface area contributed by atoms with E-state index >= 15 is 0 Å². The van der Waals surface area contributed by atoms with E-state index < -0.39 is 0 Å². The van der Waals surface area contributed by atoms with E-state index in [2.05, 4.69) is 20.6 Å². The van der Waals surface area contributed by atoms with Crippen LogP contribution in [0.3, 0.4) is 0 Å². The Morgan fingerprint density at radius 3 is 3.18 bits per heavy atom. The van der Waals surface area contributed by atoms with Crippen molar-refractivity contribution < 1.29 is 4.79 Å². The molecule has 1 atom stereocenters. The first-order valence-electron chi connectivity index (χ1n) is 7.77. The van der Waals surface area contributed by atoms with Crippen molar-refractivity contribution in [2.45, 2.75) is 32.6 Å². The molecule has 3 heterocycles. The minimum atomic E-state index is 0.0998. The molecule has 1 aliphatic heterocycles. The molecule has 116 valence electrons. The molecule has 1 fully saturated rings. The van der Waals surface area contributed by atoms with E-state index in [-0.39, 0.29) is 5.91 Å². The van der Waals surface area contributed by atoms with E-state index in [0.717, 1.165) is 38.0 Å². The third kappa shape index (κ3) is 3.32. The average Bonchev–Trinajstić information content (AvgIpc) is 3.04. The Morgan fingerprint density at radius 1 is 1.50 bits per heavy atom. The second kappa shape index (κ2) is 6.96. The lowest BCUT2D eigenvalue weighted by atomic mass is 9.92. The standard InChI is InChI=1S/C16H20N4OS/c1-2-14-15(22-19-18-14)16(21)20-8-4-6-13(11-20)9-12-5-3-7-17-10-12/h3,5,7,10,13H,2,4,6,8-9,11H2,1H3/t13-/m0/s1. The molecule has 2 aromatic rings. The van der Waals surface area contributed by atoms with Gasteiger partial charge in [0.1, 0.15) is 4.88 Å². The van der Waals surface area contributed by atoms with Gasteiger partial charge in [0.25, 0.3) is 5.91 Å². The summed E-state index contributed by atoms with van der Waals surface area (Å²) in [6.07, 6.45) is 7.68. The number of carbonyl (C=O) groups excluding carboxylic acids is 1. The highest BCUT2D eigenvalue weighted by molar-refractivity contribution is 7.08. The van der Waals surface area contributed by atoms with Crippen LogP contribution in [0.5, 0.6) is 0 Å². The van der Waals surface area contributed by atoms with Crippen molar-refractivity contribution in [1.29, 1.82) is 0 Å². The van der Waals surface area contributed by atoms with Crippen molar-refractivity contribution in [2.24, 2.45) is 5.92 Å². The highest BCUT2D eigenvalue weighted by Gasteiger charge is 2.27. The molecule has 6 heteroatoms. The molecule has 1 amide bonds. The molecular weight excluding hydrogens is 296 g/mol. The maximum atomic E-state index is 12.7. The maximum absolute atomic E-state index is 12.7. The fourth-order valence-corrected chi connectivity index (χ4v) is 3.73. The van der Waals surface area contributed by atoms with Crippen LogP contribution in [0.15, 0.2) is 24.5 Å². The average molecular weight is 316 g/mol. The SMILES string of the molecule is CCc1nnsc1C(=O)N1CCC[C@@H](Cc2cccnc2)C1. The summed E-state index contributed by atoms with van der Waals surface area (Å²) >= 11 is 1.22. The van der Waals surface area contributed by atoms with Gasteiger partial charge in [0.2, 0.25) is 0 Å². The minimum absolute atomic E-state index is 0.0998. The predicted octanol–water partition coefficient (Wildman–Crippen LogP) is 2.59. The molecule has 22 heavy (non-hydrogen) atoms. The Morgan fingerprint density at radius 2 is 2.41 bits per heavy atom. The summed E-state index contributed by atoms with van der Waals surface area (Å²) in [6, 6.07) is 4.08. The Balaban J connectivity index is 1.66. The van der Waals surface area contributed by atoms with Crippen LogP contribution in [-0.2, 0) is 12.8 Å². The van der Waals surface area contributed by atoms with Crippen molar-refractivity contribution in [2.75, 3.05) is 13.1 Å². The highest BCUT2D eigenvalue weighted by atomic mass is 32.1. The van der Waals surface area contributed by atoms with Crippen LogP contribution in [-0.4, -0.2) is 38.5 Å². The fraction of sp³-hybridized carbons (Fsp3) is 0.500. The van der Waals surface area contributed by atoms with E-state index in [9.17, 15) is 4.79 Å². The van der Waals surface area contributed by atoms with Crippen LogP contribution >= 0.6 is 11.5 Å². The second-order valence-corrected chi connectivity index (χ2v) is 6.48. The minimum Gasteiger partial charge on any atom is -0.338 e. The lowest BCUT2D eigenvalue weighted by Gasteiger charge is -2.32. The number of pyridine rings is 1. The van der Waals surface area contributed by atoms with Gasteiger partial charge in [0.05, 0.1) is 5.69 Å². The number of rotatable bonds is 4. The summed E-state index contributed by atoms with van der Waals surface area (Å²) in [5.74, 6) is 0.607. The van der Waals surface area contributed by atoms with Gasteiger partial charge in [-0.25, -0.2) is 0 Å². The fourth-order valence-electron chi connectivity index (χ4n) is 3.01. The van der Waals surface area contributed by atoms with Crippen LogP contribution in [0.2, 0.25) is 0 Å². The molecule has 5 nitrogen and oxygen atoms in total. The zero-order valence-electron chi connectivity index (χ0n) is 12.7. The Labute approximate surface area is 134 Å². The zero-order valence-corrected chi connectivity index (χ0v) is 13.6. The number of aromatic nitrogens is 3. The smallest absolute Gasteiger partial charge is 0.267 e. The zero-order chi connectivity index (χ0) is 15.4. The molecule has 3 rings (SSSR count). The Kier molecular flexibility index (Phi) is 4.77. The summed E-state index contributed by atoms with van der Waals surface area (Å²) in [7, 11) is 0. The third-order valence-corrected chi connectivity index (χ3v) is 4.89. The number of aryl methyl sites for hydroxylation is 1. The van der Waals surface area contributed by atoms with Crippen LogP contribution in [0.25, 0.3) is 0 Å². The molecule has 0 aromatic carbocycles. The quantitative estimate of drug-likeness (QED) is 0.870. The van der Waals surface area contributed by atoms with Gasteiger partial charge in [0.15, 0.2) is 0 Å². The van der Waals surface area contributed by atoms with E-state index in [1.54, 1.807) is 6.20 Å². The largest absolute Gasteiger partial charge is 0.338 e. The normalized spacial score (nSPS) is 18.4. The number of piperidine rings is 1. The van der Waals surface area contributed by atoms with E-state index in [4.69, 9.17) is 0 Å². The van der Waals surface area contributed by atoms with Crippen molar-refractivity contribution in [3.63, 3.8) is 0 Å². The van der Waals surface area contributed by atoms with Gasteiger partial charge in [-0.05, 0) is 54.8 Å². The van der Waals surface area contributed by atoms with E-state index in [1.807, 2.05) is 24.1 Å². The lowest BCUT2D eigenvalue weighted by Crippen LogP contribution is -2.40. The molecule has 1 saturated heterocycles. The number of carbonyl (C=O) groups is 1. The molecule has 0 bridgehead atoms. The Bertz CT molecular complexity index is 628. The topological polar surface area (TPSA) is 59.0 Å². The van der Waals surface area contributed by atoms with Gasteiger partial charge in [0, 0.05) is 25.5 Å². The summed E-state index contributed by atoms with van der Waals surface area (Å²) in [5, 5.41) is 4.05. The van der Waals surface area contributed by atoms with Crippen LogP contribution in [0.1, 0.15) is 40.7 Å².